The number of anilines is 1. The molecule has 0 radical (unpaired) electrons. The highest BCUT2D eigenvalue weighted by Crippen LogP contribution is 2.29. The number of benzene rings is 1. The molecule has 2 aromatic heterocycles. The van der Waals surface area contributed by atoms with Crippen LogP contribution in [-0.4, -0.2) is 59.8 Å². The first-order valence-electron chi connectivity index (χ1n) is 11.7. The molecule has 2 aliphatic rings. The molecule has 176 valence electrons. The number of hydrogen-bond acceptors (Lipinski definition) is 6. The number of aromatic nitrogens is 3. The lowest BCUT2D eigenvalue weighted by Gasteiger charge is -2.31. The highest BCUT2D eigenvalue weighted by Gasteiger charge is 2.25. The number of rotatable bonds is 6. The maximum absolute atomic E-state index is 11.9. The fourth-order valence-corrected chi connectivity index (χ4v) is 5.53. The second kappa shape index (κ2) is 8.95. The summed E-state index contributed by atoms with van der Waals surface area (Å²) in [7, 11) is -3.18. The number of nitrogens with zero attached hydrogens (tertiary/aromatic N) is 5. The van der Waals surface area contributed by atoms with Crippen molar-refractivity contribution < 1.29 is 13.2 Å². The normalized spacial score (nSPS) is 17.9. The largest absolute Gasteiger partial charge is 0.493 e. The van der Waals surface area contributed by atoms with Gasteiger partial charge in [-0.05, 0) is 55.0 Å². The molecule has 1 fully saturated rings. The molecule has 5 rings (SSSR count). The molecule has 1 aromatic carbocycles. The van der Waals surface area contributed by atoms with Crippen LogP contribution < -0.4 is 9.64 Å². The molecule has 0 bridgehead atoms. The maximum Gasteiger partial charge on any atom is 0.225 e. The first kappa shape index (κ1) is 22.2. The van der Waals surface area contributed by atoms with Crippen LogP contribution >= 0.6 is 0 Å². The van der Waals surface area contributed by atoms with Crippen LogP contribution in [0.15, 0.2) is 36.7 Å². The molecule has 2 aliphatic heterocycles. The molecular formula is C24H31N5O3S. The first-order chi connectivity index (χ1) is 15.9. The van der Waals surface area contributed by atoms with Crippen LogP contribution in [0.5, 0.6) is 5.75 Å². The summed E-state index contributed by atoms with van der Waals surface area (Å²) in [6.07, 6.45) is 8.19. The van der Waals surface area contributed by atoms with Crippen molar-refractivity contribution in [2.75, 3.05) is 37.4 Å². The molecule has 0 amide bonds. The van der Waals surface area contributed by atoms with Crippen molar-refractivity contribution in [1.29, 1.82) is 0 Å². The van der Waals surface area contributed by atoms with E-state index >= 15 is 0 Å². The van der Waals surface area contributed by atoms with Crippen molar-refractivity contribution in [2.45, 2.75) is 39.3 Å². The van der Waals surface area contributed by atoms with Gasteiger partial charge < -0.3 is 14.2 Å². The van der Waals surface area contributed by atoms with Gasteiger partial charge in [0.05, 0.1) is 19.4 Å². The van der Waals surface area contributed by atoms with Gasteiger partial charge in [0.2, 0.25) is 16.0 Å². The van der Waals surface area contributed by atoms with Crippen LogP contribution in [0.1, 0.15) is 31.0 Å². The Kier molecular flexibility index (Phi) is 6.01. The lowest BCUT2D eigenvalue weighted by Crippen LogP contribution is -2.37. The Morgan fingerprint density at radius 1 is 1.06 bits per heavy atom. The number of ether oxygens (including phenoxy) is 1. The molecule has 0 atom stereocenters. The quantitative estimate of drug-likeness (QED) is 0.552. The Morgan fingerprint density at radius 3 is 2.52 bits per heavy atom. The standard InChI is InChI=1S/C24H31N5O3S/c1-3-18-14-25-24(26-15-18)27-8-6-19(7-9-27)17-32-22-4-5-23-20(13-22)12-21-16-28(33(2,30)31)10-11-29(21)23/h4-5,12-15,19H,3,6-11,16-17H2,1-2H3. The van der Waals surface area contributed by atoms with Crippen molar-refractivity contribution in [3.8, 4) is 5.75 Å². The number of fused-ring (bicyclic) bond motifs is 3. The van der Waals surface area contributed by atoms with Crippen LogP contribution in [0.25, 0.3) is 10.9 Å². The second-order valence-electron chi connectivity index (χ2n) is 9.09. The Morgan fingerprint density at radius 2 is 1.82 bits per heavy atom. The van der Waals surface area contributed by atoms with Crippen molar-refractivity contribution >= 4 is 26.9 Å². The lowest BCUT2D eigenvalue weighted by molar-refractivity contribution is 0.222. The zero-order valence-electron chi connectivity index (χ0n) is 19.3. The van der Waals surface area contributed by atoms with E-state index < -0.39 is 10.0 Å². The highest BCUT2D eigenvalue weighted by atomic mass is 32.2. The predicted molar refractivity (Wildman–Crippen MR) is 129 cm³/mol. The summed E-state index contributed by atoms with van der Waals surface area (Å²) in [6, 6.07) is 8.27. The third kappa shape index (κ3) is 4.70. The molecule has 4 heterocycles. The van der Waals surface area contributed by atoms with E-state index in [1.807, 2.05) is 18.5 Å². The fourth-order valence-electron chi connectivity index (χ4n) is 4.75. The van der Waals surface area contributed by atoms with Crippen LogP contribution in [0.3, 0.4) is 0 Å². The van der Waals surface area contributed by atoms with E-state index in [1.54, 1.807) is 0 Å². The molecule has 0 unspecified atom stereocenters. The van der Waals surface area contributed by atoms with Gasteiger partial charge in [-0.2, -0.15) is 4.31 Å². The van der Waals surface area contributed by atoms with E-state index in [0.29, 0.717) is 32.2 Å². The highest BCUT2D eigenvalue weighted by molar-refractivity contribution is 7.88. The van der Waals surface area contributed by atoms with Crippen LogP contribution in [-0.2, 0) is 29.5 Å². The Balaban J connectivity index is 1.18. The van der Waals surface area contributed by atoms with Crippen molar-refractivity contribution in [2.24, 2.45) is 5.92 Å². The van der Waals surface area contributed by atoms with E-state index in [1.165, 1.54) is 10.6 Å². The summed E-state index contributed by atoms with van der Waals surface area (Å²) in [5.41, 5.74) is 3.32. The number of hydrogen-bond donors (Lipinski definition) is 0. The summed E-state index contributed by atoms with van der Waals surface area (Å²) >= 11 is 0. The van der Waals surface area contributed by atoms with E-state index in [2.05, 4.69) is 44.6 Å². The molecule has 0 N–H and O–H groups in total. The summed E-state index contributed by atoms with van der Waals surface area (Å²) in [5, 5.41) is 1.10. The van der Waals surface area contributed by atoms with Gasteiger partial charge in [-0.3, -0.25) is 0 Å². The smallest absolute Gasteiger partial charge is 0.225 e. The average molecular weight is 470 g/mol. The summed E-state index contributed by atoms with van der Waals surface area (Å²) in [5.74, 6) is 2.20. The molecule has 9 heteroatoms. The lowest BCUT2D eigenvalue weighted by atomic mass is 9.98. The summed E-state index contributed by atoms with van der Waals surface area (Å²) in [6.45, 7) is 6.32. The molecule has 0 aliphatic carbocycles. The molecule has 8 nitrogen and oxygen atoms in total. The number of aryl methyl sites for hydroxylation is 1. The SMILES string of the molecule is CCc1cnc(N2CCC(COc3ccc4c(c3)cc3n4CCN(S(C)(=O)=O)C3)CC2)nc1. The third-order valence-electron chi connectivity index (χ3n) is 6.82. The van der Waals surface area contributed by atoms with Crippen LogP contribution in [0.4, 0.5) is 5.95 Å². The van der Waals surface area contributed by atoms with Gasteiger partial charge in [-0.1, -0.05) is 6.92 Å². The minimum atomic E-state index is -3.18. The number of piperidine rings is 1. The minimum Gasteiger partial charge on any atom is -0.493 e. The van der Waals surface area contributed by atoms with Gasteiger partial charge in [0, 0.05) is 55.2 Å². The minimum absolute atomic E-state index is 0.424. The monoisotopic (exact) mass is 469 g/mol. The molecule has 0 spiro atoms. The Labute approximate surface area is 195 Å². The van der Waals surface area contributed by atoms with E-state index in [4.69, 9.17) is 4.74 Å². The molecule has 33 heavy (non-hydrogen) atoms. The first-order valence-corrected chi connectivity index (χ1v) is 13.5. The van der Waals surface area contributed by atoms with Crippen LogP contribution in [0.2, 0.25) is 0 Å². The molecule has 1 saturated heterocycles. The molecule has 3 aromatic rings. The predicted octanol–water partition coefficient (Wildman–Crippen LogP) is 3.06. The Hall–Kier alpha value is -2.65. The van der Waals surface area contributed by atoms with Gasteiger partial charge in [-0.15, -0.1) is 0 Å². The zero-order valence-corrected chi connectivity index (χ0v) is 20.1. The molecule has 0 saturated carbocycles. The summed E-state index contributed by atoms with van der Waals surface area (Å²) < 4.78 is 33.7. The van der Waals surface area contributed by atoms with E-state index in [9.17, 15) is 8.42 Å². The maximum atomic E-state index is 11.9. The third-order valence-corrected chi connectivity index (χ3v) is 8.07. The van der Waals surface area contributed by atoms with Crippen LogP contribution in [0, 0.1) is 5.92 Å². The topological polar surface area (TPSA) is 80.6 Å². The summed E-state index contributed by atoms with van der Waals surface area (Å²) in [4.78, 5) is 11.3. The second-order valence-corrected chi connectivity index (χ2v) is 11.1. The van der Waals surface area contributed by atoms with Gasteiger partial charge in [0.1, 0.15) is 5.75 Å². The average Bonchev–Trinajstić information content (AvgIpc) is 3.19. The van der Waals surface area contributed by atoms with Gasteiger partial charge in [0.25, 0.3) is 0 Å². The van der Waals surface area contributed by atoms with Crippen molar-refractivity contribution in [3.05, 3.63) is 47.9 Å². The van der Waals surface area contributed by atoms with Crippen molar-refractivity contribution in [1.82, 2.24) is 18.8 Å². The van der Waals surface area contributed by atoms with E-state index in [0.717, 1.165) is 66.2 Å². The van der Waals surface area contributed by atoms with Gasteiger partial charge in [-0.25, -0.2) is 18.4 Å². The Bertz CT molecular complexity index is 1230. The fraction of sp³-hybridized carbons (Fsp3) is 0.500. The van der Waals surface area contributed by atoms with Gasteiger partial charge in [0.15, 0.2) is 0 Å². The zero-order chi connectivity index (χ0) is 23.0. The van der Waals surface area contributed by atoms with Crippen molar-refractivity contribution in [3.63, 3.8) is 0 Å². The van der Waals surface area contributed by atoms with Gasteiger partial charge >= 0.3 is 0 Å². The number of sulfonamides is 1. The molecular weight excluding hydrogens is 438 g/mol. The van der Waals surface area contributed by atoms with E-state index in [-0.39, 0.29) is 0 Å².